The quantitative estimate of drug-likeness (QED) is 0.709. The van der Waals surface area contributed by atoms with Crippen molar-refractivity contribution in [2.24, 2.45) is 0 Å². The first-order valence-corrected chi connectivity index (χ1v) is 11.0. The Morgan fingerprint density at radius 2 is 1.80 bits per heavy atom. The summed E-state index contributed by atoms with van der Waals surface area (Å²) in [6.45, 7) is 5.04. The molecule has 1 saturated heterocycles. The van der Waals surface area contributed by atoms with E-state index < -0.39 is 0 Å². The number of likely N-dealkylation sites (tertiary alicyclic amines) is 1. The van der Waals surface area contributed by atoms with Crippen LogP contribution in [0.25, 0.3) is 0 Å². The number of rotatable bonds is 6. The Hall–Kier alpha value is -2.37. The van der Waals surface area contributed by atoms with E-state index in [1.165, 1.54) is 55.7 Å². The second-order valence-corrected chi connectivity index (χ2v) is 7.61. The molecule has 5 heteroatoms. The molecule has 0 atom stereocenters. The number of carbonyl (C=O) groups is 1. The molecule has 0 amide bonds. The van der Waals surface area contributed by atoms with Crippen molar-refractivity contribution in [3.63, 3.8) is 0 Å². The maximum Gasteiger partial charge on any atom is 0.157 e. The number of fused-ring (bicyclic) bond motifs is 1. The lowest BCUT2D eigenvalue weighted by Crippen LogP contribution is -2.21. The van der Waals surface area contributed by atoms with Gasteiger partial charge in [0.15, 0.2) is 6.29 Å². The third-order valence-electron chi connectivity index (χ3n) is 5.09. The van der Waals surface area contributed by atoms with E-state index in [1.807, 2.05) is 32.3 Å². The highest BCUT2D eigenvalue weighted by molar-refractivity contribution is 5.56. The second-order valence-electron chi connectivity index (χ2n) is 7.61. The van der Waals surface area contributed by atoms with E-state index in [4.69, 9.17) is 4.74 Å². The summed E-state index contributed by atoms with van der Waals surface area (Å²) in [5.74, 6) is 0.777. The lowest BCUT2D eigenvalue weighted by molar-refractivity contribution is -0.109. The number of carbonyl (C=O) groups excluding carboxylic acids is 1. The van der Waals surface area contributed by atoms with E-state index in [9.17, 15) is 4.79 Å². The molecule has 0 unspecified atom stereocenters. The predicted octanol–water partition coefficient (Wildman–Crippen LogP) is 3.78. The summed E-state index contributed by atoms with van der Waals surface area (Å²) in [5, 5.41) is 6.07. The lowest BCUT2D eigenvalue weighted by Gasteiger charge is -2.18. The molecule has 1 fully saturated rings. The van der Waals surface area contributed by atoms with Crippen LogP contribution < -0.4 is 15.4 Å². The van der Waals surface area contributed by atoms with Crippen molar-refractivity contribution in [1.82, 2.24) is 10.2 Å². The Labute approximate surface area is 181 Å². The summed E-state index contributed by atoms with van der Waals surface area (Å²) in [4.78, 5) is 12.7. The number of aryl methyl sites for hydroxylation is 1. The molecular weight excluding hydrogens is 374 g/mol. The van der Waals surface area contributed by atoms with Crippen molar-refractivity contribution in [3.8, 4) is 5.75 Å². The Bertz CT molecular complexity index is 716. The average Bonchev–Trinajstić information content (AvgIpc) is 3.32. The van der Waals surface area contributed by atoms with Crippen LogP contribution in [0.2, 0.25) is 0 Å². The molecule has 2 aromatic carbocycles. The van der Waals surface area contributed by atoms with Crippen molar-refractivity contribution in [3.05, 3.63) is 59.7 Å². The van der Waals surface area contributed by atoms with E-state index in [-0.39, 0.29) is 6.61 Å². The van der Waals surface area contributed by atoms with Gasteiger partial charge in [-0.1, -0.05) is 30.3 Å². The molecule has 2 heterocycles. The molecule has 5 nitrogen and oxygen atoms in total. The fourth-order valence-corrected chi connectivity index (χ4v) is 3.61. The summed E-state index contributed by atoms with van der Waals surface area (Å²) >= 11 is 0. The molecule has 0 bridgehead atoms. The van der Waals surface area contributed by atoms with Gasteiger partial charge in [-0.05, 0) is 88.6 Å². The Balaban J connectivity index is 0.000000190. The van der Waals surface area contributed by atoms with Crippen molar-refractivity contribution in [1.29, 1.82) is 0 Å². The second kappa shape index (κ2) is 14.6. The van der Waals surface area contributed by atoms with Gasteiger partial charge in [0.1, 0.15) is 12.4 Å². The Morgan fingerprint density at radius 1 is 1.07 bits per heavy atom. The monoisotopic (exact) mass is 411 g/mol. The van der Waals surface area contributed by atoms with Gasteiger partial charge in [-0.25, -0.2) is 0 Å². The minimum atomic E-state index is 0.131. The molecule has 2 aliphatic heterocycles. The highest BCUT2D eigenvalue weighted by Gasteiger charge is 2.10. The topological polar surface area (TPSA) is 53.6 Å². The molecule has 2 N–H and O–H groups in total. The zero-order valence-corrected chi connectivity index (χ0v) is 18.5. The number of aldehydes is 1. The number of nitrogens with zero attached hydrogens (tertiary/aromatic N) is 1. The van der Waals surface area contributed by atoms with Crippen LogP contribution in [0.1, 0.15) is 30.4 Å². The minimum absolute atomic E-state index is 0.131. The molecule has 2 aliphatic rings. The van der Waals surface area contributed by atoms with Crippen molar-refractivity contribution < 1.29 is 9.53 Å². The van der Waals surface area contributed by atoms with Crippen LogP contribution in [0.15, 0.2) is 48.5 Å². The molecule has 30 heavy (non-hydrogen) atoms. The molecule has 164 valence electrons. The maximum absolute atomic E-state index is 10.1. The zero-order chi connectivity index (χ0) is 21.4. The van der Waals surface area contributed by atoms with Gasteiger partial charge in [-0.2, -0.15) is 0 Å². The van der Waals surface area contributed by atoms with Crippen LogP contribution in [0.5, 0.6) is 5.75 Å². The van der Waals surface area contributed by atoms with Crippen molar-refractivity contribution in [2.45, 2.75) is 32.1 Å². The summed E-state index contributed by atoms with van der Waals surface area (Å²) in [6, 6.07) is 16.7. The predicted molar refractivity (Wildman–Crippen MR) is 126 cm³/mol. The molecular formula is C25H37N3O2. The van der Waals surface area contributed by atoms with Gasteiger partial charge in [0.05, 0.1) is 0 Å². The molecule has 0 spiro atoms. The number of anilines is 1. The molecule has 0 radical (unpaired) electrons. The zero-order valence-electron chi connectivity index (χ0n) is 18.5. The minimum Gasteiger partial charge on any atom is -0.486 e. The summed E-state index contributed by atoms with van der Waals surface area (Å²) in [7, 11) is 3.75. The third-order valence-corrected chi connectivity index (χ3v) is 5.09. The van der Waals surface area contributed by atoms with Crippen LogP contribution in [0.3, 0.4) is 0 Å². The maximum atomic E-state index is 10.1. The standard InChI is InChI=1S/C12H17N.C11H13NO2.C2H7N/c1-2-6-12(7-3-1)8-11-13-9-4-5-10-13;13-6-7-14-10-3-4-11-9(8-10)2-1-5-12-11;1-3-2/h1-3,6-7H,4-5,8-11H2;3-4,6,8,12H,1-2,5,7H2;3H,1-2H3. The van der Waals surface area contributed by atoms with Crippen LogP contribution in [0.4, 0.5) is 5.69 Å². The van der Waals surface area contributed by atoms with Crippen LogP contribution in [-0.2, 0) is 17.6 Å². The first-order valence-electron chi connectivity index (χ1n) is 11.0. The highest BCUT2D eigenvalue weighted by atomic mass is 16.5. The Morgan fingerprint density at radius 3 is 2.50 bits per heavy atom. The fraction of sp³-hybridized carbons (Fsp3) is 0.480. The highest BCUT2D eigenvalue weighted by Crippen LogP contribution is 2.26. The van der Waals surface area contributed by atoms with E-state index in [0.717, 1.165) is 31.4 Å². The smallest absolute Gasteiger partial charge is 0.157 e. The summed E-state index contributed by atoms with van der Waals surface area (Å²) < 4.78 is 5.23. The molecule has 0 aliphatic carbocycles. The average molecular weight is 412 g/mol. The van der Waals surface area contributed by atoms with Gasteiger partial charge in [0.2, 0.25) is 0 Å². The Kier molecular flexibility index (Phi) is 11.6. The van der Waals surface area contributed by atoms with Crippen LogP contribution in [0, 0.1) is 0 Å². The van der Waals surface area contributed by atoms with E-state index in [0.29, 0.717) is 0 Å². The number of ether oxygens (including phenoxy) is 1. The van der Waals surface area contributed by atoms with Gasteiger partial charge in [0, 0.05) is 18.8 Å². The third kappa shape index (κ3) is 8.97. The summed E-state index contributed by atoms with van der Waals surface area (Å²) in [5.41, 5.74) is 3.93. The van der Waals surface area contributed by atoms with E-state index in [1.54, 1.807) is 0 Å². The lowest BCUT2D eigenvalue weighted by atomic mass is 10.0. The van der Waals surface area contributed by atoms with Crippen molar-refractivity contribution in [2.75, 3.05) is 52.2 Å². The van der Waals surface area contributed by atoms with Gasteiger partial charge >= 0.3 is 0 Å². The van der Waals surface area contributed by atoms with Crippen LogP contribution in [-0.4, -0.2) is 58.1 Å². The van der Waals surface area contributed by atoms with Gasteiger partial charge < -0.3 is 20.3 Å². The number of hydrogen-bond acceptors (Lipinski definition) is 5. The SMILES string of the molecule is CNC.O=CCOc1ccc2c(c1)CCCN2.c1ccc(CCN2CCCC2)cc1. The van der Waals surface area contributed by atoms with Crippen LogP contribution >= 0.6 is 0 Å². The van der Waals surface area contributed by atoms with Gasteiger partial charge in [-0.3, -0.25) is 4.79 Å². The normalized spacial score (nSPS) is 14.9. The molecule has 0 aromatic heterocycles. The van der Waals surface area contributed by atoms with Crippen molar-refractivity contribution >= 4 is 12.0 Å². The first-order chi connectivity index (χ1) is 14.8. The summed E-state index contributed by atoms with van der Waals surface area (Å²) in [6.07, 6.45) is 7.01. The number of nitrogens with one attached hydrogen (secondary N) is 2. The van der Waals surface area contributed by atoms with Gasteiger partial charge in [-0.15, -0.1) is 0 Å². The first kappa shape index (κ1) is 23.9. The molecule has 0 saturated carbocycles. The van der Waals surface area contributed by atoms with Gasteiger partial charge in [0.25, 0.3) is 0 Å². The number of benzene rings is 2. The van der Waals surface area contributed by atoms with E-state index >= 15 is 0 Å². The molecule has 4 rings (SSSR count). The van der Waals surface area contributed by atoms with E-state index in [2.05, 4.69) is 45.9 Å². The molecule has 2 aromatic rings. The number of hydrogen-bond donors (Lipinski definition) is 2. The fourth-order valence-electron chi connectivity index (χ4n) is 3.61. The largest absolute Gasteiger partial charge is 0.486 e.